The Kier molecular flexibility index (Phi) is 2.47. The molecule has 0 aromatic carbocycles. The molecule has 0 bridgehead atoms. The van der Waals surface area contributed by atoms with Crippen LogP contribution in [0.15, 0.2) is 0 Å². The van der Waals surface area contributed by atoms with Crippen molar-refractivity contribution in [3.05, 3.63) is 17.0 Å². The highest BCUT2D eigenvalue weighted by Gasteiger charge is 2.12. The maximum atomic E-state index is 8.87. The van der Waals surface area contributed by atoms with Crippen LogP contribution in [0.5, 0.6) is 0 Å². The van der Waals surface area contributed by atoms with Crippen molar-refractivity contribution >= 4 is 5.95 Å². The van der Waals surface area contributed by atoms with Crippen LogP contribution >= 0.6 is 0 Å². The largest absolute Gasteiger partial charge is 0.368 e. The van der Waals surface area contributed by atoms with Gasteiger partial charge in [-0.2, -0.15) is 5.26 Å². The fourth-order valence-corrected chi connectivity index (χ4v) is 1.17. The Hall–Kier alpha value is -1.63. The molecule has 2 N–H and O–H groups in total. The van der Waals surface area contributed by atoms with Crippen LogP contribution in [0.2, 0.25) is 0 Å². The average molecular weight is 176 g/mol. The number of nitrogens with zero attached hydrogens (tertiary/aromatic N) is 3. The van der Waals surface area contributed by atoms with Crippen molar-refractivity contribution < 1.29 is 0 Å². The van der Waals surface area contributed by atoms with Crippen molar-refractivity contribution in [1.29, 1.82) is 5.26 Å². The van der Waals surface area contributed by atoms with Crippen molar-refractivity contribution in [3.63, 3.8) is 0 Å². The molecule has 0 saturated heterocycles. The van der Waals surface area contributed by atoms with Gasteiger partial charge in [0.25, 0.3) is 0 Å². The smallest absolute Gasteiger partial charge is 0.220 e. The second kappa shape index (κ2) is 3.40. The number of rotatable bonds is 1. The van der Waals surface area contributed by atoms with E-state index in [2.05, 4.69) is 16.0 Å². The third-order valence-electron chi connectivity index (χ3n) is 1.79. The van der Waals surface area contributed by atoms with Crippen LogP contribution in [0, 0.1) is 18.3 Å². The molecule has 4 nitrogen and oxygen atoms in total. The predicted molar refractivity (Wildman–Crippen MR) is 50.0 cm³/mol. The molecule has 0 atom stereocenters. The van der Waals surface area contributed by atoms with Crippen molar-refractivity contribution in [2.75, 3.05) is 5.73 Å². The number of hydrogen-bond donors (Lipinski definition) is 1. The first-order valence-electron chi connectivity index (χ1n) is 4.10. The summed E-state index contributed by atoms with van der Waals surface area (Å²) < 4.78 is 0. The fourth-order valence-electron chi connectivity index (χ4n) is 1.17. The molecule has 13 heavy (non-hydrogen) atoms. The van der Waals surface area contributed by atoms with Gasteiger partial charge in [0, 0.05) is 0 Å². The number of aryl methyl sites for hydroxylation is 1. The molecule has 68 valence electrons. The van der Waals surface area contributed by atoms with Crippen molar-refractivity contribution in [3.8, 4) is 6.07 Å². The maximum Gasteiger partial charge on any atom is 0.220 e. The van der Waals surface area contributed by atoms with Gasteiger partial charge in [-0.3, -0.25) is 0 Å². The normalized spacial score (nSPS) is 10.1. The summed E-state index contributed by atoms with van der Waals surface area (Å²) >= 11 is 0. The van der Waals surface area contributed by atoms with Crippen LogP contribution in [-0.4, -0.2) is 9.97 Å². The Morgan fingerprint density at radius 2 is 2.00 bits per heavy atom. The topological polar surface area (TPSA) is 75.6 Å². The molecule has 0 aliphatic heterocycles. The molecule has 1 rings (SSSR count). The number of aromatic nitrogens is 2. The molecule has 0 saturated carbocycles. The lowest BCUT2D eigenvalue weighted by Gasteiger charge is -2.08. The van der Waals surface area contributed by atoms with Crippen molar-refractivity contribution in [1.82, 2.24) is 9.97 Å². The van der Waals surface area contributed by atoms with Gasteiger partial charge in [0.1, 0.15) is 6.07 Å². The van der Waals surface area contributed by atoms with E-state index >= 15 is 0 Å². The molecule has 0 aliphatic rings. The molecule has 1 heterocycles. The third-order valence-corrected chi connectivity index (χ3v) is 1.79. The molecule has 0 radical (unpaired) electrons. The number of hydrogen-bond acceptors (Lipinski definition) is 4. The maximum absolute atomic E-state index is 8.87. The quantitative estimate of drug-likeness (QED) is 0.701. The zero-order valence-corrected chi connectivity index (χ0v) is 8.00. The van der Waals surface area contributed by atoms with Crippen LogP contribution in [0.1, 0.15) is 36.7 Å². The molecule has 0 aliphatic carbocycles. The number of nitrogen functional groups attached to an aromatic ring is 1. The molecule has 1 aromatic rings. The second-order valence-corrected chi connectivity index (χ2v) is 3.19. The Morgan fingerprint density at radius 1 is 1.38 bits per heavy atom. The highest BCUT2D eigenvalue weighted by Crippen LogP contribution is 2.19. The zero-order chi connectivity index (χ0) is 10.0. The minimum Gasteiger partial charge on any atom is -0.368 e. The summed E-state index contributed by atoms with van der Waals surface area (Å²) in [6, 6.07) is 2.09. The van der Waals surface area contributed by atoms with E-state index in [-0.39, 0.29) is 11.9 Å². The Bertz CT molecular complexity index is 363. The average Bonchev–Trinajstić information content (AvgIpc) is 2.02. The highest BCUT2D eigenvalue weighted by molar-refractivity contribution is 5.41. The lowest BCUT2D eigenvalue weighted by molar-refractivity contribution is 0.807. The van der Waals surface area contributed by atoms with E-state index < -0.39 is 0 Å². The summed E-state index contributed by atoms with van der Waals surface area (Å²) in [6.07, 6.45) is 0. The van der Waals surface area contributed by atoms with E-state index in [1.165, 1.54) is 0 Å². The van der Waals surface area contributed by atoms with E-state index in [0.29, 0.717) is 11.3 Å². The minimum atomic E-state index is 0.193. The van der Waals surface area contributed by atoms with Crippen LogP contribution in [-0.2, 0) is 0 Å². The summed E-state index contributed by atoms with van der Waals surface area (Å²) in [6.45, 7) is 5.71. The Labute approximate surface area is 77.4 Å². The van der Waals surface area contributed by atoms with Gasteiger partial charge in [-0.15, -0.1) is 0 Å². The van der Waals surface area contributed by atoms with E-state index in [9.17, 15) is 0 Å². The summed E-state index contributed by atoms with van der Waals surface area (Å²) in [4.78, 5) is 7.98. The van der Waals surface area contributed by atoms with Gasteiger partial charge in [-0.05, 0) is 12.8 Å². The van der Waals surface area contributed by atoms with Crippen LogP contribution in [0.4, 0.5) is 5.95 Å². The molecular formula is C9H12N4. The van der Waals surface area contributed by atoms with E-state index in [4.69, 9.17) is 11.0 Å². The standard InChI is InChI=1S/C9H12N4/c1-5(2)8-7(4-10)6(3)12-9(11)13-8/h5H,1-3H3,(H2,11,12,13). The first-order valence-corrected chi connectivity index (χ1v) is 4.10. The molecule has 4 heteroatoms. The first-order chi connectivity index (χ1) is 6.06. The molecule has 0 spiro atoms. The van der Waals surface area contributed by atoms with Gasteiger partial charge in [-0.25, -0.2) is 9.97 Å². The Balaban J connectivity index is 3.41. The molecule has 0 fully saturated rings. The van der Waals surface area contributed by atoms with E-state index in [0.717, 1.165) is 5.69 Å². The Morgan fingerprint density at radius 3 is 2.46 bits per heavy atom. The summed E-state index contributed by atoms with van der Waals surface area (Å²) in [5, 5.41) is 8.87. The predicted octanol–water partition coefficient (Wildman–Crippen LogP) is 1.36. The molecule has 1 aromatic heterocycles. The van der Waals surface area contributed by atoms with Crippen LogP contribution < -0.4 is 5.73 Å². The van der Waals surface area contributed by atoms with Gasteiger partial charge >= 0.3 is 0 Å². The lowest BCUT2D eigenvalue weighted by atomic mass is 10.0. The molecule has 0 unspecified atom stereocenters. The zero-order valence-electron chi connectivity index (χ0n) is 8.00. The molecule has 0 amide bonds. The van der Waals surface area contributed by atoms with E-state index in [1.54, 1.807) is 6.92 Å². The van der Waals surface area contributed by atoms with Gasteiger partial charge in [0.15, 0.2) is 0 Å². The number of nitrogens with two attached hydrogens (primary N) is 1. The van der Waals surface area contributed by atoms with Crippen molar-refractivity contribution in [2.45, 2.75) is 26.7 Å². The van der Waals surface area contributed by atoms with Gasteiger partial charge in [-0.1, -0.05) is 13.8 Å². The highest BCUT2D eigenvalue weighted by atomic mass is 15.0. The third kappa shape index (κ3) is 1.75. The fraction of sp³-hybridized carbons (Fsp3) is 0.444. The first kappa shape index (κ1) is 9.46. The van der Waals surface area contributed by atoms with E-state index in [1.807, 2.05) is 13.8 Å². The number of anilines is 1. The lowest BCUT2D eigenvalue weighted by Crippen LogP contribution is -2.06. The van der Waals surface area contributed by atoms with Crippen molar-refractivity contribution in [2.24, 2.45) is 0 Å². The summed E-state index contributed by atoms with van der Waals surface area (Å²) in [7, 11) is 0. The van der Waals surface area contributed by atoms with Crippen LogP contribution in [0.3, 0.4) is 0 Å². The van der Waals surface area contributed by atoms with Gasteiger partial charge in [0.05, 0.1) is 17.0 Å². The number of nitriles is 1. The van der Waals surface area contributed by atoms with Crippen LogP contribution in [0.25, 0.3) is 0 Å². The molecular weight excluding hydrogens is 164 g/mol. The minimum absolute atomic E-state index is 0.193. The summed E-state index contributed by atoms with van der Waals surface area (Å²) in [5.41, 5.74) is 7.42. The SMILES string of the molecule is Cc1nc(N)nc(C(C)C)c1C#N. The second-order valence-electron chi connectivity index (χ2n) is 3.19. The van der Waals surface area contributed by atoms with Gasteiger partial charge in [0.2, 0.25) is 5.95 Å². The summed E-state index contributed by atoms with van der Waals surface area (Å²) in [5.74, 6) is 0.429. The monoisotopic (exact) mass is 176 g/mol. The van der Waals surface area contributed by atoms with Gasteiger partial charge < -0.3 is 5.73 Å².